The molecule has 3 amide bonds. The Balaban J connectivity index is 2.64. The summed E-state index contributed by atoms with van der Waals surface area (Å²) >= 11 is 0. The highest BCUT2D eigenvalue weighted by atomic mass is 16.2. The van der Waals surface area contributed by atoms with Crippen LogP contribution in [0, 0.1) is 0 Å². The zero-order chi connectivity index (χ0) is 9.30. The summed E-state index contributed by atoms with van der Waals surface area (Å²) < 4.78 is 0. The number of carbonyl (C=O) groups excluding carboxylic acids is 2. The lowest BCUT2D eigenvalue weighted by molar-refractivity contribution is -0.125. The van der Waals surface area contributed by atoms with Gasteiger partial charge < -0.3 is 10.6 Å². The molecule has 1 heterocycles. The summed E-state index contributed by atoms with van der Waals surface area (Å²) in [5, 5.41) is 0. The maximum Gasteiger partial charge on any atom is 0.327 e. The first-order chi connectivity index (χ1) is 5.52. The largest absolute Gasteiger partial charge is 0.327 e. The lowest BCUT2D eigenvalue weighted by atomic mass is 10.3. The first-order valence-electron chi connectivity index (χ1n) is 3.83. The van der Waals surface area contributed by atoms with Crippen molar-refractivity contribution in [3.63, 3.8) is 0 Å². The zero-order valence-electron chi connectivity index (χ0n) is 7.28. The van der Waals surface area contributed by atoms with Gasteiger partial charge in [-0.2, -0.15) is 0 Å². The fourth-order valence-corrected chi connectivity index (χ4v) is 1.14. The number of likely N-dealkylation sites (N-methyl/N-ethyl adjacent to an activating group) is 1. The molecule has 0 aromatic heterocycles. The summed E-state index contributed by atoms with van der Waals surface area (Å²) in [6.07, 6.45) is 0. The predicted molar refractivity (Wildman–Crippen MR) is 43.4 cm³/mol. The number of hydrogen-bond donors (Lipinski definition) is 1. The van der Waals surface area contributed by atoms with E-state index in [9.17, 15) is 9.59 Å². The standard InChI is InChI=1S/C7H13N3O2/c1-5(8)3-10-6(11)4-9(2)7(10)12/h5H,3-4,8H2,1-2H3/t5-/m1/s1. The molecule has 2 N–H and O–H groups in total. The van der Waals surface area contributed by atoms with E-state index in [-0.39, 0.29) is 24.5 Å². The average Bonchev–Trinajstić information content (AvgIpc) is 2.16. The molecule has 1 saturated heterocycles. The Hall–Kier alpha value is -1.10. The highest BCUT2D eigenvalue weighted by Gasteiger charge is 2.33. The quantitative estimate of drug-likeness (QED) is 0.555. The second-order valence-corrected chi connectivity index (χ2v) is 3.12. The van der Waals surface area contributed by atoms with Gasteiger partial charge in [0.25, 0.3) is 0 Å². The number of amides is 3. The molecule has 1 fully saturated rings. The lowest BCUT2D eigenvalue weighted by Gasteiger charge is -2.15. The molecule has 12 heavy (non-hydrogen) atoms. The van der Waals surface area contributed by atoms with Crippen LogP contribution in [0.25, 0.3) is 0 Å². The fraction of sp³-hybridized carbons (Fsp3) is 0.714. The molecular weight excluding hydrogens is 158 g/mol. The van der Waals surface area contributed by atoms with Crippen molar-refractivity contribution in [3.8, 4) is 0 Å². The number of rotatable bonds is 2. The summed E-state index contributed by atoms with van der Waals surface area (Å²) in [5.74, 6) is -0.167. The van der Waals surface area contributed by atoms with E-state index in [1.165, 1.54) is 9.80 Å². The fourth-order valence-electron chi connectivity index (χ4n) is 1.14. The van der Waals surface area contributed by atoms with Crippen molar-refractivity contribution in [2.45, 2.75) is 13.0 Å². The van der Waals surface area contributed by atoms with Crippen molar-refractivity contribution >= 4 is 11.9 Å². The Bertz CT molecular complexity index is 215. The van der Waals surface area contributed by atoms with Crippen LogP contribution < -0.4 is 5.73 Å². The average molecular weight is 171 g/mol. The van der Waals surface area contributed by atoms with Gasteiger partial charge in [-0.15, -0.1) is 0 Å². The smallest absolute Gasteiger partial charge is 0.326 e. The van der Waals surface area contributed by atoms with Gasteiger partial charge in [-0.05, 0) is 6.92 Å². The van der Waals surface area contributed by atoms with Gasteiger partial charge in [0.2, 0.25) is 5.91 Å². The zero-order valence-corrected chi connectivity index (χ0v) is 7.28. The molecule has 1 atom stereocenters. The Kier molecular flexibility index (Phi) is 2.32. The Morgan fingerprint density at radius 3 is 2.50 bits per heavy atom. The van der Waals surface area contributed by atoms with Crippen LogP contribution in [0.3, 0.4) is 0 Å². The Morgan fingerprint density at radius 2 is 2.17 bits per heavy atom. The number of carbonyl (C=O) groups is 2. The molecule has 0 aromatic carbocycles. The summed E-state index contributed by atoms with van der Waals surface area (Å²) in [5.41, 5.74) is 5.48. The number of urea groups is 1. The molecule has 0 aromatic rings. The highest BCUT2D eigenvalue weighted by molar-refractivity contribution is 6.01. The number of imide groups is 1. The number of nitrogens with two attached hydrogens (primary N) is 1. The van der Waals surface area contributed by atoms with Gasteiger partial charge in [-0.3, -0.25) is 9.69 Å². The SMILES string of the molecule is C[C@@H](N)CN1C(=O)CN(C)C1=O. The summed E-state index contributed by atoms with van der Waals surface area (Å²) in [6.45, 7) is 2.24. The van der Waals surface area contributed by atoms with Crippen LogP contribution in [0.4, 0.5) is 4.79 Å². The lowest BCUT2D eigenvalue weighted by Crippen LogP contribution is -2.40. The van der Waals surface area contributed by atoms with Gasteiger partial charge >= 0.3 is 6.03 Å². The van der Waals surface area contributed by atoms with E-state index < -0.39 is 0 Å². The molecule has 0 radical (unpaired) electrons. The van der Waals surface area contributed by atoms with Crippen LogP contribution in [-0.4, -0.2) is 47.9 Å². The summed E-state index contributed by atoms with van der Waals surface area (Å²) in [7, 11) is 1.60. The Labute approximate surface area is 71.1 Å². The predicted octanol–water partition coefficient (Wildman–Crippen LogP) is -0.772. The third-order valence-electron chi connectivity index (χ3n) is 1.70. The molecule has 5 heteroatoms. The molecular formula is C7H13N3O2. The van der Waals surface area contributed by atoms with E-state index in [4.69, 9.17) is 5.73 Å². The minimum Gasteiger partial charge on any atom is -0.326 e. The minimum absolute atomic E-state index is 0.163. The molecule has 1 rings (SSSR count). The van der Waals surface area contributed by atoms with Gasteiger partial charge in [0.15, 0.2) is 0 Å². The third kappa shape index (κ3) is 1.55. The van der Waals surface area contributed by atoms with Gasteiger partial charge in [-0.1, -0.05) is 0 Å². The molecule has 0 bridgehead atoms. The van der Waals surface area contributed by atoms with Gasteiger partial charge in [-0.25, -0.2) is 4.79 Å². The molecule has 0 saturated carbocycles. The number of nitrogens with zero attached hydrogens (tertiary/aromatic N) is 2. The molecule has 1 aliphatic heterocycles. The van der Waals surface area contributed by atoms with E-state index >= 15 is 0 Å². The van der Waals surface area contributed by atoms with Crippen LogP contribution >= 0.6 is 0 Å². The van der Waals surface area contributed by atoms with E-state index in [0.717, 1.165) is 0 Å². The third-order valence-corrected chi connectivity index (χ3v) is 1.70. The van der Waals surface area contributed by atoms with Crippen molar-refractivity contribution in [1.29, 1.82) is 0 Å². The first kappa shape index (κ1) is 8.99. The van der Waals surface area contributed by atoms with Crippen molar-refractivity contribution in [2.24, 2.45) is 5.73 Å². The van der Waals surface area contributed by atoms with Crippen molar-refractivity contribution in [2.75, 3.05) is 20.1 Å². The second-order valence-electron chi connectivity index (χ2n) is 3.12. The van der Waals surface area contributed by atoms with Crippen molar-refractivity contribution < 1.29 is 9.59 Å². The van der Waals surface area contributed by atoms with Gasteiger partial charge in [0, 0.05) is 19.6 Å². The van der Waals surface area contributed by atoms with E-state index in [1.54, 1.807) is 14.0 Å². The van der Waals surface area contributed by atoms with Crippen molar-refractivity contribution in [1.82, 2.24) is 9.80 Å². The number of hydrogen-bond acceptors (Lipinski definition) is 3. The van der Waals surface area contributed by atoms with Crippen LogP contribution in [0.1, 0.15) is 6.92 Å². The van der Waals surface area contributed by atoms with Crippen molar-refractivity contribution in [3.05, 3.63) is 0 Å². The maximum atomic E-state index is 11.2. The Morgan fingerprint density at radius 1 is 1.58 bits per heavy atom. The molecule has 0 aliphatic carbocycles. The van der Waals surface area contributed by atoms with E-state index in [2.05, 4.69) is 0 Å². The monoisotopic (exact) mass is 171 g/mol. The molecule has 5 nitrogen and oxygen atoms in total. The molecule has 1 aliphatic rings. The molecule has 0 unspecified atom stereocenters. The van der Waals surface area contributed by atoms with E-state index in [1.807, 2.05) is 0 Å². The van der Waals surface area contributed by atoms with Crippen LogP contribution in [0.5, 0.6) is 0 Å². The van der Waals surface area contributed by atoms with Gasteiger partial charge in [0.05, 0.1) is 0 Å². The second kappa shape index (κ2) is 3.10. The maximum absolute atomic E-state index is 11.2. The van der Waals surface area contributed by atoms with E-state index in [0.29, 0.717) is 6.54 Å². The highest BCUT2D eigenvalue weighted by Crippen LogP contribution is 2.07. The molecule has 68 valence electrons. The van der Waals surface area contributed by atoms with Crippen LogP contribution in [0.15, 0.2) is 0 Å². The van der Waals surface area contributed by atoms with Crippen LogP contribution in [0.2, 0.25) is 0 Å². The first-order valence-corrected chi connectivity index (χ1v) is 3.83. The summed E-state index contributed by atoms with van der Waals surface area (Å²) in [6, 6.07) is -0.415. The van der Waals surface area contributed by atoms with Crippen LogP contribution in [-0.2, 0) is 4.79 Å². The molecule has 0 spiro atoms. The van der Waals surface area contributed by atoms with Gasteiger partial charge in [0.1, 0.15) is 6.54 Å². The summed E-state index contributed by atoms with van der Waals surface area (Å²) in [4.78, 5) is 24.9. The minimum atomic E-state index is -0.252. The topological polar surface area (TPSA) is 66.6 Å². The normalized spacial score (nSPS) is 20.6.